The summed E-state index contributed by atoms with van der Waals surface area (Å²) in [7, 11) is 0. The van der Waals surface area contributed by atoms with Crippen LogP contribution in [0.5, 0.6) is 0 Å². The van der Waals surface area contributed by atoms with Gasteiger partial charge in [0.15, 0.2) is 5.58 Å². The van der Waals surface area contributed by atoms with Gasteiger partial charge < -0.3 is 14.6 Å². The molecular weight excluding hydrogens is 462 g/mol. The van der Waals surface area contributed by atoms with Gasteiger partial charge in [-0.25, -0.2) is 9.97 Å². The van der Waals surface area contributed by atoms with Crippen LogP contribution in [0.2, 0.25) is 0 Å². The monoisotopic (exact) mass is 493 g/mol. The first-order valence-electron chi connectivity index (χ1n) is 12.8. The average molecular weight is 494 g/mol. The number of benzene rings is 2. The summed E-state index contributed by atoms with van der Waals surface area (Å²) in [5, 5.41) is 12.5. The maximum absolute atomic E-state index is 12.8. The zero-order valence-corrected chi connectivity index (χ0v) is 21.5. The summed E-state index contributed by atoms with van der Waals surface area (Å²) in [6, 6.07) is 17.3. The van der Waals surface area contributed by atoms with E-state index in [1.807, 2.05) is 31.3 Å². The van der Waals surface area contributed by atoms with E-state index in [1.54, 1.807) is 18.2 Å². The largest absolute Gasteiger partial charge is 0.436 e. The summed E-state index contributed by atoms with van der Waals surface area (Å²) in [6.07, 6.45) is 3.96. The predicted octanol–water partition coefficient (Wildman–Crippen LogP) is 5.84. The fourth-order valence-electron chi connectivity index (χ4n) is 4.79. The number of nitriles is 1. The van der Waals surface area contributed by atoms with Gasteiger partial charge in [0.2, 0.25) is 5.89 Å². The molecule has 37 heavy (non-hydrogen) atoms. The van der Waals surface area contributed by atoms with E-state index >= 15 is 0 Å². The number of carbonyl (C=O) groups excluding carboxylic acids is 1. The van der Waals surface area contributed by atoms with E-state index in [1.165, 1.54) is 0 Å². The van der Waals surface area contributed by atoms with Gasteiger partial charge in [0.1, 0.15) is 11.3 Å². The molecule has 0 bridgehead atoms. The lowest BCUT2D eigenvalue weighted by Gasteiger charge is -2.32. The van der Waals surface area contributed by atoms with Crippen LogP contribution < -0.4 is 10.2 Å². The van der Waals surface area contributed by atoms with Gasteiger partial charge >= 0.3 is 0 Å². The van der Waals surface area contributed by atoms with Gasteiger partial charge in [0.25, 0.3) is 5.91 Å². The molecule has 1 N–H and O–H groups in total. The number of anilines is 1. The van der Waals surface area contributed by atoms with Crippen molar-refractivity contribution in [1.82, 2.24) is 15.3 Å². The van der Waals surface area contributed by atoms with Crippen molar-refractivity contribution in [2.24, 2.45) is 5.92 Å². The second-order valence-electron chi connectivity index (χ2n) is 10.1. The molecule has 0 radical (unpaired) electrons. The number of aromatic nitrogens is 2. The van der Waals surface area contributed by atoms with Gasteiger partial charge in [-0.2, -0.15) is 5.26 Å². The minimum atomic E-state index is -0.0764. The van der Waals surface area contributed by atoms with E-state index in [0.717, 1.165) is 48.4 Å². The highest BCUT2D eigenvalue weighted by molar-refractivity contribution is 5.94. The van der Waals surface area contributed by atoms with Gasteiger partial charge in [-0.05, 0) is 79.6 Å². The van der Waals surface area contributed by atoms with Crippen LogP contribution in [0, 0.1) is 24.2 Å². The Morgan fingerprint density at radius 2 is 1.92 bits per heavy atom. The van der Waals surface area contributed by atoms with Crippen LogP contribution >= 0.6 is 0 Å². The molecule has 1 fully saturated rings. The van der Waals surface area contributed by atoms with Crippen molar-refractivity contribution in [2.75, 3.05) is 24.5 Å². The van der Waals surface area contributed by atoms with Crippen LogP contribution in [-0.4, -0.2) is 35.5 Å². The predicted molar refractivity (Wildman–Crippen MR) is 144 cm³/mol. The van der Waals surface area contributed by atoms with Crippen molar-refractivity contribution in [3.05, 3.63) is 77.0 Å². The third-order valence-corrected chi connectivity index (χ3v) is 7.05. The van der Waals surface area contributed by atoms with Crippen molar-refractivity contribution < 1.29 is 9.21 Å². The summed E-state index contributed by atoms with van der Waals surface area (Å²) in [5.74, 6) is 2.09. The molecule has 188 valence electrons. The number of rotatable bonds is 6. The van der Waals surface area contributed by atoms with Gasteiger partial charge in [0, 0.05) is 42.5 Å². The average Bonchev–Trinajstić information content (AvgIpc) is 3.36. The molecule has 0 spiro atoms. The highest BCUT2D eigenvalue weighted by Gasteiger charge is 2.21. The Kier molecular flexibility index (Phi) is 6.91. The minimum absolute atomic E-state index is 0.0764. The Hall–Kier alpha value is -4.18. The highest BCUT2D eigenvalue weighted by atomic mass is 16.3. The van der Waals surface area contributed by atoms with Crippen LogP contribution in [0.4, 0.5) is 5.82 Å². The summed E-state index contributed by atoms with van der Waals surface area (Å²) >= 11 is 0. The standard InChI is InChI=1S/C30H31N5O2/c1-19(2)25-14-22(16-31)15-26-28(25)37-30(34-26)24-7-5-23(6-8-24)29(36)33-18-21-10-12-35(13-11-21)27-9-4-20(3)17-32-27/h4-9,14-15,17,19,21H,10-13,18H2,1-3H3,(H,33,36). The lowest BCUT2D eigenvalue weighted by atomic mass is 9.96. The zero-order chi connectivity index (χ0) is 25.9. The fourth-order valence-corrected chi connectivity index (χ4v) is 4.79. The first-order chi connectivity index (χ1) is 17.9. The number of nitrogens with zero attached hydrogens (tertiary/aromatic N) is 4. The van der Waals surface area contributed by atoms with Crippen molar-refractivity contribution in [3.8, 4) is 17.5 Å². The number of nitrogens with one attached hydrogen (secondary N) is 1. The fraction of sp³-hybridized carbons (Fsp3) is 0.333. The second kappa shape index (κ2) is 10.4. The molecule has 0 atom stereocenters. The number of carbonyl (C=O) groups is 1. The van der Waals surface area contributed by atoms with Crippen molar-refractivity contribution in [2.45, 2.75) is 39.5 Å². The van der Waals surface area contributed by atoms with Gasteiger partial charge in [-0.3, -0.25) is 4.79 Å². The molecule has 1 saturated heterocycles. The van der Waals surface area contributed by atoms with E-state index in [-0.39, 0.29) is 11.8 Å². The Bertz CT molecular complexity index is 1440. The maximum atomic E-state index is 12.8. The molecule has 2 aromatic heterocycles. The summed E-state index contributed by atoms with van der Waals surface area (Å²) in [6.45, 7) is 8.74. The number of amides is 1. The Labute approximate surface area is 217 Å². The van der Waals surface area contributed by atoms with Gasteiger partial charge in [-0.15, -0.1) is 0 Å². The van der Waals surface area contributed by atoms with E-state index in [0.29, 0.717) is 40.6 Å². The van der Waals surface area contributed by atoms with E-state index in [4.69, 9.17) is 4.42 Å². The third kappa shape index (κ3) is 5.34. The Morgan fingerprint density at radius 3 is 2.57 bits per heavy atom. The van der Waals surface area contributed by atoms with Crippen molar-refractivity contribution >= 4 is 22.8 Å². The van der Waals surface area contributed by atoms with Gasteiger partial charge in [0.05, 0.1) is 11.6 Å². The number of pyridine rings is 1. The van der Waals surface area contributed by atoms with Crippen molar-refractivity contribution in [3.63, 3.8) is 0 Å². The number of hydrogen-bond acceptors (Lipinski definition) is 6. The normalized spacial score (nSPS) is 14.2. The topological polar surface area (TPSA) is 95.1 Å². The third-order valence-electron chi connectivity index (χ3n) is 7.05. The number of aryl methyl sites for hydroxylation is 1. The summed E-state index contributed by atoms with van der Waals surface area (Å²) < 4.78 is 6.09. The van der Waals surface area contributed by atoms with E-state index < -0.39 is 0 Å². The Morgan fingerprint density at radius 1 is 1.16 bits per heavy atom. The molecule has 7 heteroatoms. The minimum Gasteiger partial charge on any atom is -0.436 e. The molecule has 2 aromatic carbocycles. The van der Waals surface area contributed by atoms with E-state index in [2.05, 4.69) is 52.2 Å². The molecule has 0 saturated carbocycles. The van der Waals surface area contributed by atoms with Crippen LogP contribution in [0.25, 0.3) is 22.6 Å². The second-order valence-corrected chi connectivity index (χ2v) is 10.1. The molecule has 7 nitrogen and oxygen atoms in total. The molecule has 4 aromatic rings. The zero-order valence-electron chi connectivity index (χ0n) is 21.5. The van der Waals surface area contributed by atoms with Crippen molar-refractivity contribution in [1.29, 1.82) is 5.26 Å². The molecular formula is C30H31N5O2. The van der Waals surface area contributed by atoms with Crippen LogP contribution in [0.3, 0.4) is 0 Å². The number of hydrogen-bond donors (Lipinski definition) is 1. The number of fused-ring (bicyclic) bond motifs is 1. The van der Waals surface area contributed by atoms with Crippen LogP contribution in [0.15, 0.2) is 59.1 Å². The first kappa shape index (κ1) is 24.5. The quantitative estimate of drug-likeness (QED) is 0.363. The molecule has 0 aliphatic carbocycles. The molecule has 0 unspecified atom stereocenters. The summed E-state index contributed by atoms with van der Waals surface area (Å²) in [5.41, 5.74) is 5.47. The molecule has 1 amide bonds. The molecule has 3 heterocycles. The first-order valence-corrected chi connectivity index (χ1v) is 12.8. The molecule has 5 rings (SSSR count). The smallest absolute Gasteiger partial charge is 0.251 e. The molecule has 1 aliphatic rings. The maximum Gasteiger partial charge on any atom is 0.251 e. The Balaban J connectivity index is 1.19. The molecule has 1 aliphatic heterocycles. The highest BCUT2D eigenvalue weighted by Crippen LogP contribution is 2.31. The lowest BCUT2D eigenvalue weighted by molar-refractivity contribution is 0.0945. The number of piperidine rings is 1. The van der Waals surface area contributed by atoms with Crippen LogP contribution in [-0.2, 0) is 0 Å². The SMILES string of the molecule is Cc1ccc(N2CCC(CNC(=O)c3ccc(-c4nc5cc(C#N)cc(C(C)C)c5o4)cc3)CC2)nc1. The van der Waals surface area contributed by atoms with Gasteiger partial charge in [-0.1, -0.05) is 19.9 Å². The lowest BCUT2D eigenvalue weighted by Crippen LogP contribution is -2.39. The van der Waals surface area contributed by atoms with Crippen LogP contribution in [0.1, 0.15) is 59.7 Å². The van der Waals surface area contributed by atoms with E-state index in [9.17, 15) is 10.1 Å². The number of oxazole rings is 1. The summed E-state index contributed by atoms with van der Waals surface area (Å²) in [4.78, 5) is 24.2.